The second-order valence-electron chi connectivity index (χ2n) is 4.96. The fourth-order valence-corrected chi connectivity index (χ4v) is 2.84. The van der Waals surface area contributed by atoms with E-state index in [1.807, 2.05) is 18.2 Å². The summed E-state index contributed by atoms with van der Waals surface area (Å²) in [5.41, 5.74) is 2.01. The highest BCUT2D eigenvalue weighted by molar-refractivity contribution is 6.33. The lowest BCUT2D eigenvalue weighted by molar-refractivity contribution is 0.471. The van der Waals surface area contributed by atoms with Crippen molar-refractivity contribution in [1.82, 2.24) is 5.32 Å². The van der Waals surface area contributed by atoms with E-state index in [-0.39, 0.29) is 11.9 Å². The lowest BCUT2D eigenvalue weighted by Gasteiger charge is -2.36. The molecule has 1 atom stereocenters. The van der Waals surface area contributed by atoms with Gasteiger partial charge in [-0.2, -0.15) is 0 Å². The van der Waals surface area contributed by atoms with Gasteiger partial charge >= 0.3 is 0 Å². The summed E-state index contributed by atoms with van der Waals surface area (Å²) in [6.07, 6.45) is 0. The zero-order chi connectivity index (χ0) is 13.9. The van der Waals surface area contributed by atoms with E-state index in [2.05, 4.69) is 22.3 Å². The second kappa shape index (κ2) is 5.81. The Balaban J connectivity index is 1.83. The van der Waals surface area contributed by atoms with Crippen molar-refractivity contribution >= 4 is 17.3 Å². The Hall–Kier alpha value is -1.58. The van der Waals surface area contributed by atoms with Gasteiger partial charge in [0, 0.05) is 25.7 Å². The van der Waals surface area contributed by atoms with E-state index in [0.29, 0.717) is 5.02 Å². The van der Waals surface area contributed by atoms with Gasteiger partial charge < -0.3 is 10.2 Å². The molecule has 0 spiro atoms. The molecule has 0 aliphatic carbocycles. The van der Waals surface area contributed by atoms with Crippen LogP contribution >= 0.6 is 11.6 Å². The zero-order valence-electron chi connectivity index (χ0n) is 11.0. The first-order chi connectivity index (χ1) is 9.74. The Bertz CT molecular complexity index is 588. The molecule has 20 heavy (non-hydrogen) atoms. The summed E-state index contributed by atoms with van der Waals surface area (Å²) in [7, 11) is 0. The molecule has 1 heterocycles. The number of nitrogens with one attached hydrogen (secondary N) is 1. The van der Waals surface area contributed by atoms with Crippen LogP contribution in [-0.4, -0.2) is 19.6 Å². The highest BCUT2D eigenvalue weighted by Gasteiger charge is 2.22. The molecule has 1 aliphatic rings. The Morgan fingerprint density at radius 2 is 1.95 bits per heavy atom. The number of benzene rings is 2. The van der Waals surface area contributed by atoms with Gasteiger partial charge in [-0.05, 0) is 23.8 Å². The van der Waals surface area contributed by atoms with E-state index >= 15 is 0 Å². The molecule has 4 heteroatoms. The molecule has 1 aliphatic heterocycles. The van der Waals surface area contributed by atoms with Gasteiger partial charge in [-0.3, -0.25) is 0 Å². The lowest BCUT2D eigenvalue weighted by Crippen LogP contribution is -2.46. The molecule has 0 saturated carbocycles. The van der Waals surface area contributed by atoms with Crippen LogP contribution in [0.3, 0.4) is 0 Å². The van der Waals surface area contributed by atoms with Gasteiger partial charge in [-0.1, -0.05) is 41.9 Å². The van der Waals surface area contributed by atoms with Crippen molar-refractivity contribution in [2.24, 2.45) is 0 Å². The van der Waals surface area contributed by atoms with Crippen molar-refractivity contribution in [1.29, 1.82) is 0 Å². The number of nitrogens with zero attached hydrogens (tertiary/aromatic N) is 1. The molecule has 2 aromatic carbocycles. The molecule has 0 bridgehead atoms. The maximum Gasteiger partial charge on any atom is 0.125 e. The van der Waals surface area contributed by atoms with Crippen LogP contribution in [0, 0.1) is 5.82 Å². The molecule has 3 rings (SSSR count). The first-order valence-electron chi connectivity index (χ1n) is 6.72. The van der Waals surface area contributed by atoms with E-state index in [1.54, 1.807) is 6.07 Å². The van der Waals surface area contributed by atoms with Crippen molar-refractivity contribution < 1.29 is 4.39 Å². The summed E-state index contributed by atoms with van der Waals surface area (Å²) in [6.45, 7) is 2.46. The maximum absolute atomic E-state index is 13.4. The average Bonchev–Trinajstić information content (AvgIpc) is 2.51. The summed E-state index contributed by atoms with van der Waals surface area (Å²) < 4.78 is 13.4. The van der Waals surface area contributed by atoms with E-state index in [4.69, 9.17) is 11.6 Å². The Morgan fingerprint density at radius 1 is 1.15 bits per heavy atom. The van der Waals surface area contributed by atoms with Gasteiger partial charge in [0.2, 0.25) is 0 Å². The van der Waals surface area contributed by atoms with Crippen LogP contribution < -0.4 is 10.2 Å². The minimum atomic E-state index is -0.251. The van der Waals surface area contributed by atoms with Crippen molar-refractivity contribution in [3.63, 3.8) is 0 Å². The summed E-state index contributed by atoms with van der Waals surface area (Å²) in [6, 6.07) is 15.0. The number of halogens is 2. The maximum atomic E-state index is 13.4. The minimum Gasteiger partial charge on any atom is -0.367 e. The van der Waals surface area contributed by atoms with Crippen LogP contribution in [0.1, 0.15) is 11.6 Å². The number of hydrogen-bond donors (Lipinski definition) is 1. The van der Waals surface area contributed by atoms with Crippen molar-refractivity contribution in [2.75, 3.05) is 24.5 Å². The molecule has 104 valence electrons. The first kappa shape index (κ1) is 13.4. The fourth-order valence-electron chi connectivity index (χ4n) is 2.61. The smallest absolute Gasteiger partial charge is 0.125 e. The molecular formula is C16H16ClFN2. The van der Waals surface area contributed by atoms with Crippen LogP contribution in [0.4, 0.5) is 10.1 Å². The summed E-state index contributed by atoms with van der Waals surface area (Å²) >= 11 is 6.19. The molecule has 0 radical (unpaired) electrons. The van der Waals surface area contributed by atoms with E-state index in [0.717, 1.165) is 25.3 Å². The van der Waals surface area contributed by atoms with Crippen LogP contribution in [0.2, 0.25) is 5.02 Å². The molecule has 1 N–H and O–H groups in total. The molecule has 1 unspecified atom stereocenters. The van der Waals surface area contributed by atoms with Gasteiger partial charge in [-0.15, -0.1) is 0 Å². The molecule has 2 aromatic rings. The van der Waals surface area contributed by atoms with Crippen LogP contribution in [0.25, 0.3) is 0 Å². The third-order valence-corrected chi connectivity index (χ3v) is 3.95. The number of rotatable bonds is 2. The van der Waals surface area contributed by atoms with Crippen molar-refractivity contribution in [3.05, 3.63) is 64.9 Å². The second-order valence-corrected chi connectivity index (χ2v) is 5.37. The predicted molar refractivity (Wildman–Crippen MR) is 80.8 cm³/mol. The SMILES string of the molecule is Fc1ccc(Cl)c(N2CCNC(c3ccccc3)C2)c1. The largest absolute Gasteiger partial charge is 0.367 e. The van der Waals surface area contributed by atoms with Gasteiger partial charge in [0.05, 0.1) is 10.7 Å². The first-order valence-corrected chi connectivity index (χ1v) is 7.10. The van der Waals surface area contributed by atoms with Gasteiger partial charge in [0.1, 0.15) is 5.82 Å². The molecule has 2 nitrogen and oxygen atoms in total. The quantitative estimate of drug-likeness (QED) is 0.908. The minimum absolute atomic E-state index is 0.240. The van der Waals surface area contributed by atoms with Crippen LogP contribution in [0.5, 0.6) is 0 Å². The van der Waals surface area contributed by atoms with Crippen molar-refractivity contribution in [2.45, 2.75) is 6.04 Å². The topological polar surface area (TPSA) is 15.3 Å². The van der Waals surface area contributed by atoms with E-state index in [9.17, 15) is 4.39 Å². The Kier molecular flexibility index (Phi) is 3.90. The highest BCUT2D eigenvalue weighted by atomic mass is 35.5. The molecule has 1 fully saturated rings. The third kappa shape index (κ3) is 2.79. The fraction of sp³-hybridized carbons (Fsp3) is 0.250. The van der Waals surface area contributed by atoms with Crippen LogP contribution in [-0.2, 0) is 0 Å². The Morgan fingerprint density at radius 3 is 2.75 bits per heavy atom. The summed E-state index contributed by atoms with van der Waals surface area (Å²) in [4.78, 5) is 2.14. The predicted octanol–water partition coefficient (Wildman–Crippen LogP) is 3.63. The number of anilines is 1. The van der Waals surface area contributed by atoms with Gasteiger partial charge in [0.25, 0.3) is 0 Å². The number of hydrogen-bond acceptors (Lipinski definition) is 2. The monoisotopic (exact) mass is 290 g/mol. The lowest BCUT2D eigenvalue weighted by atomic mass is 10.0. The van der Waals surface area contributed by atoms with Gasteiger partial charge in [0.15, 0.2) is 0 Å². The molecular weight excluding hydrogens is 275 g/mol. The molecule has 0 amide bonds. The summed E-state index contributed by atoms with van der Waals surface area (Å²) in [5.74, 6) is -0.251. The van der Waals surface area contributed by atoms with Crippen molar-refractivity contribution in [3.8, 4) is 0 Å². The summed E-state index contributed by atoms with van der Waals surface area (Å²) in [5, 5.41) is 4.09. The number of piperazine rings is 1. The average molecular weight is 291 g/mol. The zero-order valence-corrected chi connectivity index (χ0v) is 11.8. The molecule has 1 saturated heterocycles. The van der Waals surface area contributed by atoms with Crippen LogP contribution in [0.15, 0.2) is 48.5 Å². The Labute approximate surface area is 123 Å². The normalized spacial score (nSPS) is 19.1. The highest BCUT2D eigenvalue weighted by Crippen LogP contribution is 2.29. The third-order valence-electron chi connectivity index (χ3n) is 3.63. The standard InChI is InChI=1S/C16H16ClFN2/c17-14-7-6-13(18)10-16(14)20-9-8-19-15(11-20)12-4-2-1-3-5-12/h1-7,10,15,19H,8-9,11H2. The molecule has 0 aromatic heterocycles. The van der Waals surface area contributed by atoms with E-state index < -0.39 is 0 Å². The van der Waals surface area contributed by atoms with Gasteiger partial charge in [-0.25, -0.2) is 4.39 Å². The van der Waals surface area contributed by atoms with E-state index in [1.165, 1.54) is 17.7 Å².